The second-order valence-electron chi connectivity index (χ2n) is 11.6. The van der Waals surface area contributed by atoms with Crippen molar-refractivity contribution >= 4 is 5.97 Å². The average molecular weight is 449 g/mol. The number of rotatable bonds is 6. The van der Waals surface area contributed by atoms with Crippen LogP contribution in [0.4, 0.5) is 0 Å². The number of fused-ring (bicyclic) bond motifs is 1. The zero-order valence-corrected chi connectivity index (χ0v) is 20.6. The van der Waals surface area contributed by atoms with Gasteiger partial charge in [0.2, 0.25) is 0 Å². The summed E-state index contributed by atoms with van der Waals surface area (Å²) in [7, 11) is 0. The minimum absolute atomic E-state index is 0.0685. The van der Waals surface area contributed by atoms with Crippen LogP contribution in [-0.2, 0) is 9.53 Å². The Balaban J connectivity index is 1.66. The lowest BCUT2D eigenvalue weighted by Crippen LogP contribution is -2.39. The van der Waals surface area contributed by atoms with Gasteiger partial charge in [0.05, 0.1) is 17.8 Å². The van der Waals surface area contributed by atoms with Crippen molar-refractivity contribution in [3.8, 4) is 0 Å². The summed E-state index contributed by atoms with van der Waals surface area (Å²) in [4.78, 5) is 12.3. The Bertz CT molecular complexity index is 719. The molecule has 3 rings (SSSR count). The molecular formula is C27H44O5. The molecule has 3 aliphatic rings. The Morgan fingerprint density at radius 1 is 1.22 bits per heavy atom. The van der Waals surface area contributed by atoms with Crippen LogP contribution in [0, 0.1) is 23.2 Å². The smallest absolute Gasteiger partial charge is 0.306 e. The van der Waals surface area contributed by atoms with E-state index in [4.69, 9.17) is 4.74 Å². The van der Waals surface area contributed by atoms with Gasteiger partial charge < -0.3 is 20.1 Å². The van der Waals surface area contributed by atoms with Crippen LogP contribution >= 0.6 is 0 Å². The molecule has 0 aromatic rings. The number of ether oxygens (including phenoxy) is 1. The van der Waals surface area contributed by atoms with E-state index >= 15 is 0 Å². The molecule has 0 aromatic heterocycles. The standard InChI is InChI=1S/C27H44O5/c1-17-23(28)15-19(16-24(17)29)8-9-20-7-6-13-27(5)21(10-11-22(20)27)18(2)32-25(30)12-14-26(3,4)31/h8-9,17-18,21-24,28-29,31H,6-7,10-16H2,1-5H3/b19-8?,20-9+/t17?,18-,21+,22-,23-,24+,27+/m0/s1. The van der Waals surface area contributed by atoms with Crippen molar-refractivity contribution in [2.45, 2.75) is 116 Å². The van der Waals surface area contributed by atoms with Crippen molar-refractivity contribution in [1.82, 2.24) is 0 Å². The molecule has 3 saturated carbocycles. The molecule has 0 amide bonds. The summed E-state index contributed by atoms with van der Waals surface area (Å²) >= 11 is 0. The van der Waals surface area contributed by atoms with Crippen LogP contribution in [-0.4, -0.2) is 45.2 Å². The molecule has 32 heavy (non-hydrogen) atoms. The van der Waals surface area contributed by atoms with Gasteiger partial charge in [0.1, 0.15) is 6.10 Å². The largest absolute Gasteiger partial charge is 0.462 e. The first kappa shape index (κ1) is 25.5. The third-order valence-corrected chi connectivity index (χ3v) is 8.55. The van der Waals surface area contributed by atoms with Crippen LogP contribution < -0.4 is 0 Å². The van der Waals surface area contributed by atoms with Crippen LogP contribution in [0.5, 0.6) is 0 Å². The molecule has 3 fully saturated rings. The van der Waals surface area contributed by atoms with Gasteiger partial charge in [0.25, 0.3) is 0 Å². The summed E-state index contributed by atoms with van der Waals surface area (Å²) in [5.74, 6) is 0.551. The lowest BCUT2D eigenvalue weighted by molar-refractivity contribution is -0.154. The molecule has 3 aliphatic carbocycles. The summed E-state index contributed by atoms with van der Waals surface area (Å²) in [5.41, 5.74) is 1.87. The fourth-order valence-corrected chi connectivity index (χ4v) is 6.42. The number of hydrogen-bond donors (Lipinski definition) is 3. The minimum atomic E-state index is -0.854. The summed E-state index contributed by atoms with van der Waals surface area (Å²) in [6, 6.07) is 0. The Labute approximate surface area is 193 Å². The highest BCUT2D eigenvalue weighted by Crippen LogP contribution is 2.58. The third-order valence-electron chi connectivity index (χ3n) is 8.55. The molecule has 0 radical (unpaired) electrons. The number of carbonyl (C=O) groups excluding carboxylic acids is 1. The molecule has 0 saturated heterocycles. The lowest BCUT2D eigenvalue weighted by Gasteiger charge is -2.44. The molecule has 1 unspecified atom stereocenters. The fraction of sp³-hybridized carbons (Fsp3) is 0.815. The Kier molecular flexibility index (Phi) is 7.94. The Morgan fingerprint density at radius 3 is 2.50 bits per heavy atom. The third kappa shape index (κ3) is 5.84. The topological polar surface area (TPSA) is 87.0 Å². The summed E-state index contributed by atoms with van der Waals surface area (Å²) < 4.78 is 5.83. The van der Waals surface area contributed by atoms with E-state index in [1.165, 1.54) is 5.57 Å². The normalized spacial score (nSPS) is 39.2. The lowest BCUT2D eigenvalue weighted by atomic mass is 9.62. The summed E-state index contributed by atoms with van der Waals surface area (Å²) in [6.45, 7) is 9.74. The van der Waals surface area contributed by atoms with E-state index in [1.807, 2.05) is 13.8 Å². The highest BCUT2D eigenvalue weighted by atomic mass is 16.5. The van der Waals surface area contributed by atoms with Crippen molar-refractivity contribution in [2.75, 3.05) is 0 Å². The average Bonchev–Trinajstić information content (AvgIpc) is 3.06. The van der Waals surface area contributed by atoms with Crippen LogP contribution in [0.1, 0.15) is 92.4 Å². The number of allylic oxidation sites excluding steroid dienone is 3. The SMILES string of the molecule is CC1[C@H](O)CC(=C/C=C2\CCC[C@]3(C)[C@@H]([C@H](C)OC(=O)CCC(C)(C)O)CC[C@@H]23)C[C@@H]1O. The second kappa shape index (κ2) is 9.99. The van der Waals surface area contributed by atoms with Gasteiger partial charge in [-0.3, -0.25) is 4.79 Å². The molecule has 0 aromatic carbocycles. The van der Waals surface area contributed by atoms with Crippen LogP contribution in [0.15, 0.2) is 23.3 Å². The van der Waals surface area contributed by atoms with Gasteiger partial charge in [-0.2, -0.15) is 0 Å². The van der Waals surface area contributed by atoms with Gasteiger partial charge in [-0.05, 0) is 83.5 Å². The van der Waals surface area contributed by atoms with E-state index in [0.717, 1.165) is 37.7 Å². The minimum Gasteiger partial charge on any atom is -0.462 e. The number of aliphatic hydroxyl groups excluding tert-OH is 2. The van der Waals surface area contributed by atoms with Gasteiger partial charge in [-0.25, -0.2) is 0 Å². The molecule has 182 valence electrons. The van der Waals surface area contributed by atoms with E-state index in [1.54, 1.807) is 13.8 Å². The highest BCUT2D eigenvalue weighted by molar-refractivity contribution is 5.69. The first-order valence-corrected chi connectivity index (χ1v) is 12.6. The maximum absolute atomic E-state index is 12.3. The monoisotopic (exact) mass is 448 g/mol. The van der Waals surface area contributed by atoms with E-state index in [2.05, 4.69) is 19.1 Å². The maximum atomic E-state index is 12.3. The zero-order valence-electron chi connectivity index (χ0n) is 20.6. The van der Waals surface area contributed by atoms with Crippen LogP contribution in [0.3, 0.4) is 0 Å². The van der Waals surface area contributed by atoms with Crippen molar-refractivity contribution in [1.29, 1.82) is 0 Å². The molecule has 5 nitrogen and oxygen atoms in total. The Hall–Kier alpha value is -1.17. The fourth-order valence-electron chi connectivity index (χ4n) is 6.42. The first-order valence-electron chi connectivity index (χ1n) is 12.6. The second-order valence-corrected chi connectivity index (χ2v) is 11.6. The summed E-state index contributed by atoms with van der Waals surface area (Å²) in [5, 5.41) is 30.3. The van der Waals surface area contributed by atoms with Gasteiger partial charge in [0.15, 0.2) is 0 Å². The maximum Gasteiger partial charge on any atom is 0.306 e. The predicted octanol–water partition coefficient (Wildman–Crippen LogP) is 4.69. The highest BCUT2D eigenvalue weighted by Gasteiger charge is 2.51. The van der Waals surface area contributed by atoms with Crippen LogP contribution in [0.25, 0.3) is 0 Å². The molecule has 3 N–H and O–H groups in total. The number of aliphatic hydroxyl groups is 3. The molecule has 0 bridgehead atoms. The van der Waals surface area contributed by atoms with Crippen molar-refractivity contribution in [3.63, 3.8) is 0 Å². The van der Waals surface area contributed by atoms with E-state index in [0.29, 0.717) is 31.1 Å². The predicted molar refractivity (Wildman–Crippen MR) is 126 cm³/mol. The molecule has 5 heteroatoms. The zero-order chi connectivity index (χ0) is 23.7. The van der Waals surface area contributed by atoms with Gasteiger partial charge in [0, 0.05) is 18.3 Å². The molecular weight excluding hydrogens is 404 g/mol. The number of hydrogen-bond acceptors (Lipinski definition) is 5. The summed E-state index contributed by atoms with van der Waals surface area (Å²) in [6.07, 6.45) is 10.8. The molecule has 0 heterocycles. The van der Waals surface area contributed by atoms with Gasteiger partial charge >= 0.3 is 5.97 Å². The molecule has 7 atom stereocenters. The van der Waals surface area contributed by atoms with Crippen LogP contribution in [0.2, 0.25) is 0 Å². The molecule has 0 spiro atoms. The van der Waals surface area contributed by atoms with Gasteiger partial charge in [-0.1, -0.05) is 37.1 Å². The van der Waals surface area contributed by atoms with E-state index in [-0.39, 0.29) is 29.8 Å². The quantitative estimate of drug-likeness (QED) is 0.513. The van der Waals surface area contributed by atoms with E-state index in [9.17, 15) is 20.1 Å². The van der Waals surface area contributed by atoms with Crippen molar-refractivity contribution in [3.05, 3.63) is 23.3 Å². The number of carbonyl (C=O) groups is 1. The van der Waals surface area contributed by atoms with Crippen molar-refractivity contribution < 1.29 is 24.9 Å². The van der Waals surface area contributed by atoms with E-state index < -0.39 is 17.8 Å². The molecule has 0 aliphatic heterocycles. The van der Waals surface area contributed by atoms with Crippen molar-refractivity contribution in [2.24, 2.45) is 23.2 Å². The van der Waals surface area contributed by atoms with Gasteiger partial charge in [-0.15, -0.1) is 0 Å². The Morgan fingerprint density at radius 2 is 1.88 bits per heavy atom. The number of esters is 1. The first-order chi connectivity index (χ1) is 14.9.